The standard InChI is InChI=1S/C13H19N3O2/c1-14-12-5-6-15-9-11(12)13(17)16-7-4-10-3-2-8-18-10/h5-6,9-10H,2-4,7-8H2,1H3,(H,14,15)(H,16,17). The molecule has 1 atom stereocenters. The Labute approximate surface area is 107 Å². The molecule has 98 valence electrons. The number of nitrogens with one attached hydrogen (secondary N) is 2. The molecule has 0 spiro atoms. The average molecular weight is 249 g/mol. The Balaban J connectivity index is 1.83. The van der Waals surface area contributed by atoms with Crippen LogP contribution in [0.4, 0.5) is 5.69 Å². The van der Waals surface area contributed by atoms with E-state index in [1.165, 1.54) is 0 Å². The third kappa shape index (κ3) is 3.20. The lowest BCUT2D eigenvalue weighted by atomic mass is 10.1. The van der Waals surface area contributed by atoms with Gasteiger partial charge in [0.1, 0.15) is 0 Å². The van der Waals surface area contributed by atoms with Crippen LogP contribution in [-0.2, 0) is 4.74 Å². The number of rotatable bonds is 5. The van der Waals surface area contributed by atoms with Crippen LogP contribution in [-0.4, -0.2) is 37.2 Å². The highest BCUT2D eigenvalue weighted by atomic mass is 16.5. The van der Waals surface area contributed by atoms with E-state index in [0.29, 0.717) is 18.2 Å². The maximum absolute atomic E-state index is 12.0. The van der Waals surface area contributed by atoms with E-state index in [0.717, 1.165) is 31.6 Å². The molecule has 0 aromatic carbocycles. The summed E-state index contributed by atoms with van der Waals surface area (Å²) in [5, 5.41) is 5.88. The molecular formula is C13H19N3O2. The number of carbonyl (C=O) groups excluding carboxylic acids is 1. The van der Waals surface area contributed by atoms with Gasteiger partial charge in [0.05, 0.1) is 11.7 Å². The summed E-state index contributed by atoms with van der Waals surface area (Å²) < 4.78 is 5.51. The summed E-state index contributed by atoms with van der Waals surface area (Å²) in [6.45, 7) is 1.49. The lowest BCUT2D eigenvalue weighted by Crippen LogP contribution is -2.27. The van der Waals surface area contributed by atoms with Gasteiger partial charge in [-0.1, -0.05) is 0 Å². The van der Waals surface area contributed by atoms with Crippen molar-refractivity contribution in [2.45, 2.75) is 25.4 Å². The first-order chi connectivity index (χ1) is 8.81. The van der Waals surface area contributed by atoms with Crippen molar-refractivity contribution in [3.63, 3.8) is 0 Å². The number of nitrogens with zero attached hydrogens (tertiary/aromatic N) is 1. The van der Waals surface area contributed by atoms with E-state index in [2.05, 4.69) is 15.6 Å². The Kier molecular flexibility index (Phi) is 4.52. The lowest BCUT2D eigenvalue weighted by molar-refractivity contribution is 0.0907. The Morgan fingerprint density at radius 3 is 3.22 bits per heavy atom. The van der Waals surface area contributed by atoms with Crippen LogP contribution in [0.1, 0.15) is 29.6 Å². The van der Waals surface area contributed by atoms with Crippen molar-refractivity contribution in [3.05, 3.63) is 24.0 Å². The number of carbonyl (C=O) groups is 1. The average Bonchev–Trinajstić information content (AvgIpc) is 2.91. The minimum absolute atomic E-state index is 0.0922. The highest BCUT2D eigenvalue weighted by Gasteiger charge is 2.16. The first-order valence-electron chi connectivity index (χ1n) is 6.33. The van der Waals surface area contributed by atoms with Crippen molar-refractivity contribution in [2.75, 3.05) is 25.5 Å². The molecule has 5 heteroatoms. The van der Waals surface area contributed by atoms with E-state index in [-0.39, 0.29) is 5.91 Å². The Hall–Kier alpha value is -1.62. The zero-order valence-corrected chi connectivity index (χ0v) is 10.6. The van der Waals surface area contributed by atoms with E-state index >= 15 is 0 Å². The van der Waals surface area contributed by atoms with Crippen molar-refractivity contribution in [1.29, 1.82) is 0 Å². The zero-order valence-electron chi connectivity index (χ0n) is 10.6. The maximum Gasteiger partial charge on any atom is 0.254 e. The second kappa shape index (κ2) is 6.35. The number of pyridine rings is 1. The summed E-state index contributed by atoms with van der Waals surface area (Å²) in [6, 6.07) is 1.79. The van der Waals surface area contributed by atoms with Crippen LogP contribution >= 0.6 is 0 Å². The monoisotopic (exact) mass is 249 g/mol. The van der Waals surface area contributed by atoms with Crippen molar-refractivity contribution >= 4 is 11.6 Å². The van der Waals surface area contributed by atoms with E-state index in [1.807, 2.05) is 0 Å². The minimum atomic E-state index is -0.0922. The molecule has 1 aliphatic rings. The normalized spacial score (nSPS) is 18.6. The summed E-state index contributed by atoms with van der Waals surface area (Å²) in [4.78, 5) is 15.9. The van der Waals surface area contributed by atoms with E-state index < -0.39 is 0 Å². The summed E-state index contributed by atoms with van der Waals surface area (Å²) in [6.07, 6.45) is 6.65. The molecule has 2 N–H and O–H groups in total. The second-order valence-electron chi connectivity index (χ2n) is 4.35. The van der Waals surface area contributed by atoms with Crippen LogP contribution in [0.2, 0.25) is 0 Å². The van der Waals surface area contributed by atoms with Crippen molar-refractivity contribution in [1.82, 2.24) is 10.3 Å². The highest BCUT2D eigenvalue weighted by molar-refractivity contribution is 5.99. The van der Waals surface area contributed by atoms with Crippen LogP contribution in [0.3, 0.4) is 0 Å². The third-order valence-corrected chi connectivity index (χ3v) is 3.11. The van der Waals surface area contributed by atoms with Gasteiger partial charge in [-0.25, -0.2) is 0 Å². The molecule has 1 unspecified atom stereocenters. The van der Waals surface area contributed by atoms with Gasteiger partial charge in [0, 0.05) is 38.3 Å². The Bertz CT molecular complexity index is 403. The molecule has 0 saturated carbocycles. The third-order valence-electron chi connectivity index (χ3n) is 3.11. The molecule has 1 amide bonds. The van der Waals surface area contributed by atoms with E-state index in [9.17, 15) is 4.79 Å². The smallest absolute Gasteiger partial charge is 0.254 e. The number of amides is 1. The molecular weight excluding hydrogens is 230 g/mol. The van der Waals surface area contributed by atoms with Crippen LogP contribution in [0.5, 0.6) is 0 Å². The van der Waals surface area contributed by atoms with Crippen molar-refractivity contribution in [2.24, 2.45) is 0 Å². The van der Waals surface area contributed by atoms with Crippen LogP contribution in [0.25, 0.3) is 0 Å². The molecule has 0 bridgehead atoms. The molecule has 1 aromatic rings. The fourth-order valence-electron chi connectivity index (χ4n) is 2.11. The predicted octanol–water partition coefficient (Wildman–Crippen LogP) is 1.42. The number of aromatic nitrogens is 1. The van der Waals surface area contributed by atoms with Gasteiger partial charge in [0.25, 0.3) is 5.91 Å². The van der Waals surface area contributed by atoms with Gasteiger partial charge in [0.2, 0.25) is 0 Å². The molecule has 2 rings (SSSR count). The molecule has 18 heavy (non-hydrogen) atoms. The van der Waals surface area contributed by atoms with Gasteiger partial charge >= 0.3 is 0 Å². The highest BCUT2D eigenvalue weighted by Crippen LogP contribution is 2.15. The molecule has 0 radical (unpaired) electrons. The molecule has 1 aromatic heterocycles. The number of hydrogen-bond donors (Lipinski definition) is 2. The summed E-state index contributed by atoms with van der Waals surface area (Å²) in [5.74, 6) is -0.0922. The molecule has 5 nitrogen and oxygen atoms in total. The van der Waals surface area contributed by atoms with E-state index in [4.69, 9.17) is 4.74 Å². The molecule has 0 aliphatic carbocycles. The van der Waals surface area contributed by atoms with Crippen LogP contribution in [0.15, 0.2) is 18.5 Å². The van der Waals surface area contributed by atoms with Gasteiger partial charge in [0.15, 0.2) is 0 Å². The van der Waals surface area contributed by atoms with Gasteiger partial charge < -0.3 is 15.4 Å². The lowest BCUT2D eigenvalue weighted by Gasteiger charge is -2.11. The van der Waals surface area contributed by atoms with Gasteiger partial charge in [-0.3, -0.25) is 9.78 Å². The first-order valence-corrected chi connectivity index (χ1v) is 6.33. The first kappa shape index (κ1) is 12.8. The van der Waals surface area contributed by atoms with Crippen LogP contribution in [0, 0.1) is 0 Å². The molecule has 2 heterocycles. The summed E-state index contributed by atoms with van der Waals surface area (Å²) in [7, 11) is 1.79. The molecule has 1 fully saturated rings. The second-order valence-corrected chi connectivity index (χ2v) is 4.35. The largest absolute Gasteiger partial charge is 0.387 e. The quantitative estimate of drug-likeness (QED) is 0.828. The predicted molar refractivity (Wildman–Crippen MR) is 69.7 cm³/mol. The Morgan fingerprint density at radius 2 is 2.50 bits per heavy atom. The number of hydrogen-bond acceptors (Lipinski definition) is 4. The van der Waals surface area contributed by atoms with Gasteiger partial charge in [-0.15, -0.1) is 0 Å². The summed E-state index contributed by atoms with van der Waals surface area (Å²) in [5.41, 5.74) is 1.37. The minimum Gasteiger partial charge on any atom is -0.387 e. The number of anilines is 1. The topological polar surface area (TPSA) is 63.2 Å². The zero-order chi connectivity index (χ0) is 12.8. The van der Waals surface area contributed by atoms with Gasteiger partial charge in [-0.05, 0) is 25.3 Å². The summed E-state index contributed by atoms with van der Waals surface area (Å²) >= 11 is 0. The SMILES string of the molecule is CNc1ccncc1C(=O)NCCC1CCCO1. The fraction of sp³-hybridized carbons (Fsp3) is 0.538. The molecule has 1 saturated heterocycles. The van der Waals surface area contributed by atoms with Crippen molar-refractivity contribution in [3.8, 4) is 0 Å². The van der Waals surface area contributed by atoms with Crippen LogP contribution < -0.4 is 10.6 Å². The fourth-order valence-corrected chi connectivity index (χ4v) is 2.11. The maximum atomic E-state index is 12.0. The van der Waals surface area contributed by atoms with E-state index in [1.54, 1.807) is 25.5 Å². The molecule has 1 aliphatic heterocycles. The Morgan fingerprint density at radius 1 is 1.61 bits per heavy atom. The number of ether oxygens (including phenoxy) is 1. The van der Waals surface area contributed by atoms with Crippen molar-refractivity contribution < 1.29 is 9.53 Å². The van der Waals surface area contributed by atoms with Gasteiger partial charge in [-0.2, -0.15) is 0 Å².